The van der Waals surface area contributed by atoms with Crippen molar-refractivity contribution < 1.29 is 4.74 Å². The minimum atomic E-state index is 0.452. The van der Waals surface area contributed by atoms with Gasteiger partial charge in [0.05, 0.1) is 18.8 Å². The number of aromatic nitrogens is 4. The van der Waals surface area contributed by atoms with Gasteiger partial charge in [-0.1, -0.05) is 12.1 Å². The molecule has 180 valence electrons. The largest absolute Gasteiger partial charge is 0.383 e. The van der Waals surface area contributed by atoms with Gasteiger partial charge in [0.15, 0.2) is 11.5 Å². The highest BCUT2D eigenvalue weighted by Crippen LogP contribution is 2.31. The first kappa shape index (κ1) is 22.0. The molecule has 2 aliphatic heterocycles. The molecule has 4 aromatic rings. The number of hydrogen-bond donors (Lipinski definition) is 2. The Morgan fingerprint density at radius 3 is 2.49 bits per heavy atom. The number of anilines is 2. The first-order chi connectivity index (χ1) is 17.3. The molecule has 0 spiro atoms. The number of fused-ring (bicyclic) bond motifs is 1. The maximum absolute atomic E-state index is 6.28. The van der Waals surface area contributed by atoms with Gasteiger partial charge in [0.1, 0.15) is 17.2 Å². The molecule has 2 fully saturated rings. The zero-order valence-corrected chi connectivity index (χ0v) is 19.7. The highest BCUT2D eigenvalue weighted by atomic mass is 16.5. The third-order valence-corrected chi connectivity index (χ3v) is 6.71. The number of pyridine rings is 2. The van der Waals surface area contributed by atoms with Crippen LogP contribution in [0.4, 0.5) is 11.6 Å². The van der Waals surface area contributed by atoms with Crippen molar-refractivity contribution >= 4 is 22.8 Å². The van der Waals surface area contributed by atoms with E-state index in [0.29, 0.717) is 19.0 Å². The Kier molecular flexibility index (Phi) is 6.03. The first-order valence-corrected chi connectivity index (χ1v) is 12.2. The number of nitrogen functional groups attached to an aromatic ring is 1. The van der Waals surface area contributed by atoms with E-state index in [1.165, 1.54) is 5.56 Å². The highest BCUT2D eigenvalue weighted by molar-refractivity contribution is 5.83. The van der Waals surface area contributed by atoms with E-state index in [9.17, 15) is 0 Å². The molecule has 9 heteroatoms. The van der Waals surface area contributed by atoms with Crippen LogP contribution in [0.1, 0.15) is 5.56 Å². The van der Waals surface area contributed by atoms with Crippen LogP contribution in [0.5, 0.6) is 0 Å². The number of rotatable bonds is 5. The van der Waals surface area contributed by atoms with Gasteiger partial charge in [0, 0.05) is 57.7 Å². The lowest BCUT2D eigenvalue weighted by atomic mass is 10.1. The van der Waals surface area contributed by atoms with Crippen LogP contribution in [0.3, 0.4) is 0 Å². The highest BCUT2D eigenvalue weighted by Gasteiger charge is 2.20. The van der Waals surface area contributed by atoms with Gasteiger partial charge < -0.3 is 20.7 Å². The van der Waals surface area contributed by atoms with Crippen LogP contribution in [-0.4, -0.2) is 76.9 Å². The molecular formula is C26H30N8O. The van der Waals surface area contributed by atoms with E-state index in [4.69, 9.17) is 20.4 Å². The number of ether oxygens (including phenoxy) is 1. The number of piperazine rings is 1. The number of hydrogen-bond acceptors (Lipinski definition) is 8. The third kappa shape index (κ3) is 4.45. The Bertz CT molecular complexity index is 1310. The first-order valence-electron chi connectivity index (χ1n) is 12.2. The summed E-state index contributed by atoms with van der Waals surface area (Å²) >= 11 is 0. The molecule has 0 amide bonds. The van der Waals surface area contributed by atoms with Crippen molar-refractivity contribution in [1.82, 2.24) is 29.7 Å². The Morgan fingerprint density at radius 2 is 1.71 bits per heavy atom. The summed E-state index contributed by atoms with van der Waals surface area (Å²) < 4.78 is 7.63. The van der Waals surface area contributed by atoms with E-state index >= 15 is 0 Å². The fraction of sp³-hybridized carbons (Fsp3) is 0.346. The summed E-state index contributed by atoms with van der Waals surface area (Å²) in [4.78, 5) is 19.0. The van der Waals surface area contributed by atoms with Gasteiger partial charge in [-0.05, 0) is 42.0 Å². The average molecular weight is 471 g/mol. The standard InChI is InChI=1S/C26H30N8O/c27-24-21(2-1-9-29-24)25-30-22-7-8-23(33-14-16-35-17-15-33)31-26(22)34(25)20-5-3-19(4-6-20)18-32-12-10-28-11-13-32/h1-9,28H,10-18H2,(H2,27,29). The van der Waals surface area contributed by atoms with E-state index in [1.54, 1.807) is 6.20 Å². The fourth-order valence-electron chi connectivity index (χ4n) is 4.83. The van der Waals surface area contributed by atoms with Gasteiger partial charge in [-0.15, -0.1) is 0 Å². The second-order valence-electron chi connectivity index (χ2n) is 9.01. The van der Waals surface area contributed by atoms with Crippen LogP contribution in [0, 0.1) is 0 Å². The molecule has 0 unspecified atom stereocenters. The van der Waals surface area contributed by atoms with Crippen molar-refractivity contribution in [1.29, 1.82) is 0 Å². The normalized spacial score (nSPS) is 17.2. The smallest absolute Gasteiger partial charge is 0.167 e. The van der Waals surface area contributed by atoms with Gasteiger partial charge in [-0.25, -0.2) is 15.0 Å². The zero-order chi connectivity index (χ0) is 23.6. The lowest BCUT2D eigenvalue weighted by Gasteiger charge is -2.27. The summed E-state index contributed by atoms with van der Waals surface area (Å²) in [6.45, 7) is 8.29. The monoisotopic (exact) mass is 470 g/mol. The predicted molar refractivity (Wildman–Crippen MR) is 138 cm³/mol. The maximum atomic E-state index is 6.28. The second-order valence-corrected chi connectivity index (χ2v) is 9.01. The molecule has 1 aromatic carbocycles. The summed E-state index contributed by atoms with van der Waals surface area (Å²) in [5, 5.41) is 3.42. The Hall–Kier alpha value is -3.53. The van der Waals surface area contributed by atoms with Crippen LogP contribution < -0.4 is 16.0 Å². The molecule has 35 heavy (non-hydrogen) atoms. The maximum Gasteiger partial charge on any atom is 0.167 e. The number of nitrogens with zero attached hydrogens (tertiary/aromatic N) is 6. The van der Waals surface area contributed by atoms with E-state index in [0.717, 1.165) is 79.9 Å². The molecule has 3 aromatic heterocycles. The summed E-state index contributed by atoms with van der Waals surface area (Å²) in [7, 11) is 0. The summed E-state index contributed by atoms with van der Waals surface area (Å²) in [6.07, 6.45) is 1.70. The molecule has 2 saturated heterocycles. The topological polar surface area (TPSA) is 97.4 Å². The van der Waals surface area contributed by atoms with E-state index in [1.807, 2.05) is 24.3 Å². The number of morpholine rings is 1. The number of nitrogens with one attached hydrogen (secondary N) is 1. The van der Waals surface area contributed by atoms with Crippen LogP contribution in [-0.2, 0) is 11.3 Å². The van der Waals surface area contributed by atoms with Crippen LogP contribution in [0.25, 0.3) is 28.2 Å². The molecule has 9 nitrogen and oxygen atoms in total. The quantitative estimate of drug-likeness (QED) is 0.459. The second kappa shape index (κ2) is 9.61. The Labute approximate surface area is 204 Å². The van der Waals surface area contributed by atoms with Crippen molar-refractivity contribution in [2.45, 2.75) is 6.54 Å². The Morgan fingerprint density at radius 1 is 0.914 bits per heavy atom. The summed E-state index contributed by atoms with van der Waals surface area (Å²) in [5.74, 6) is 2.13. The fourth-order valence-corrected chi connectivity index (χ4v) is 4.83. The minimum absolute atomic E-state index is 0.452. The lowest BCUT2D eigenvalue weighted by molar-refractivity contribution is 0.122. The van der Waals surface area contributed by atoms with Gasteiger partial charge >= 0.3 is 0 Å². The van der Waals surface area contributed by atoms with Crippen molar-refractivity contribution in [3.05, 3.63) is 60.3 Å². The van der Waals surface area contributed by atoms with Crippen molar-refractivity contribution in [2.24, 2.45) is 0 Å². The summed E-state index contributed by atoms with van der Waals surface area (Å²) in [6, 6.07) is 16.6. The molecule has 5 heterocycles. The van der Waals surface area contributed by atoms with Gasteiger partial charge in [0.25, 0.3) is 0 Å². The lowest BCUT2D eigenvalue weighted by Crippen LogP contribution is -2.42. The number of nitrogens with two attached hydrogens (primary N) is 1. The molecule has 2 aliphatic rings. The van der Waals surface area contributed by atoms with Crippen molar-refractivity contribution in [3.63, 3.8) is 0 Å². The molecule has 6 rings (SSSR count). The van der Waals surface area contributed by atoms with Gasteiger partial charge in [-0.3, -0.25) is 9.47 Å². The van der Waals surface area contributed by atoms with E-state index < -0.39 is 0 Å². The zero-order valence-electron chi connectivity index (χ0n) is 19.7. The third-order valence-electron chi connectivity index (χ3n) is 6.71. The molecule has 0 aliphatic carbocycles. The molecule has 0 bridgehead atoms. The predicted octanol–water partition coefficient (Wildman–Crippen LogP) is 2.31. The van der Waals surface area contributed by atoms with Crippen LogP contribution >= 0.6 is 0 Å². The number of imidazole rings is 1. The van der Waals surface area contributed by atoms with Crippen molar-refractivity contribution in [2.75, 3.05) is 63.1 Å². The molecule has 0 atom stereocenters. The SMILES string of the molecule is Nc1ncccc1-c1nc2ccc(N3CCOCC3)nc2n1-c1ccc(CN2CCNCC2)cc1. The van der Waals surface area contributed by atoms with Crippen LogP contribution in [0.2, 0.25) is 0 Å². The summed E-state index contributed by atoms with van der Waals surface area (Å²) in [5.41, 5.74) is 11.0. The van der Waals surface area contributed by atoms with E-state index in [2.05, 4.69) is 48.9 Å². The molecule has 0 radical (unpaired) electrons. The van der Waals surface area contributed by atoms with Crippen molar-refractivity contribution in [3.8, 4) is 17.1 Å². The molecular weight excluding hydrogens is 440 g/mol. The van der Waals surface area contributed by atoms with Crippen LogP contribution in [0.15, 0.2) is 54.7 Å². The Balaban J connectivity index is 1.43. The van der Waals surface area contributed by atoms with E-state index in [-0.39, 0.29) is 0 Å². The van der Waals surface area contributed by atoms with Gasteiger partial charge in [0.2, 0.25) is 0 Å². The average Bonchev–Trinajstić information content (AvgIpc) is 3.29. The molecule has 3 N–H and O–H groups in total. The van der Waals surface area contributed by atoms with Gasteiger partial charge in [-0.2, -0.15) is 0 Å². The minimum Gasteiger partial charge on any atom is -0.383 e. The molecule has 0 saturated carbocycles. The number of benzene rings is 1.